The lowest BCUT2D eigenvalue weighted by molar-refractivity contribution is -0.120. The second-order valence-electron chi connectivity index (χ2n) is 10.7. The van der Waals surface area contributed by atoms with Crippen molar-refractivity contribution in [3.8, 4) is 11.1 Å². The van der Waals surface area contributed by atoms with Gasteiger partial charge in [-0.15, -0.1) is 23.1 Å². The van der Waals surface area contributed by atoms with Crippen molar-refractivity contribution in [1.82, 2.24) is 0 Å². The lowest BCUT2D eigenvalue weighted by atomic mass is 9.88. The fourth-order valence-corrected chi connectivity index (χ4v) is 7.32. The van der Waals surface area contributed by atoms with E-state index in [1.165, 1.54) is 29.5 Å². The Hall–Kier alpha value is -3.88. The molecule has 0 aliphatic heterocycles. The van der Waals surface area contributed by atoms with E-state index in [4.69, 9.17) is 4.74 Å². The molecule has 8 heteroatoms. The van der Waals surface area contributed by atoms with Gasteiger partial charge in [0.25, 0.3) is 0 Å². The summed E-state index contributed by atoms with van der Waals surface area (Å²) in [6.07, 6.45) is 5.24. The smallest absolute Gasteiger partial charge is 0.341 e. The molecule has 3 aromatic carbocycles. The van der Waals surface area contributed by atoms with Crippen LogP contribution in [0.4, 0.5) is 10.7 Å². The summed E-state index contributed by atoms with van der Waals surface area (Å²) in [5.41, 5.74) is 4.63. The van der Waals surface area contributed by atoms with Gasteiger partial charge in [-0.05, 0) is 56.0 Å². The Kier molecular flexibility index (Phi) is 10.3. The second-order valence-corrected chi connectivity index (χ2v) is 12.7. The minimum Gasteiger partial charge on any atom is -0.462 e. The zero-order valence-electron chi connectivity index (χ0n) is 24.4. The van der Waals surface area contributed by atoms with Gasteiger partial charge in [0.15, 0.2) is 0 Å². The van der Waals surface area contributed by atoms with Crippen LogP contribution in [-0.4, -0.2) is 24.4 Å². The molecule has 4 aromatic rings. The molecule has 1 saturated carbocycles. The molecule has 222 valence electrons. The predicted molar refractivity (Wildman–Crippen MR) is 176 cm³/mol. The van der Waals surface area contributed by atoms with Crippen LogP contribution in [0.25, 0.3) is 11.1 Å². The Morgan fingerprint density at radius 2 is 1.67 bits per heavy atom. The van der Waals surface area contributed by atoms with Crippen LogP contribution >= 0.6 is 23.1 Å². The minimum atomic E-state index is -0.606. The summed E-state index contributed by atoms with van der Waals surface area (Å²) in [7, 11) is 0. The Balaban J connectivity index is 1.40. The first-order valence-corrected chi connectivity index (χ1v) is 16.5. The zero-order chi connectivity index (χ0) is 30.2. The van der Waals surface area contributed by atoms with Gasteiger partial charge in [-0.1, -0.05) is 85.5 Å². The van der Waals surface area contributed by atoms with Gasteiger partial charge in [-0.25, -0.2) is 4.79 Å². The average molecular weight is 613 g/mol. The van der Waals surface area contributed by atoms with Gasteiger partial charge in [0, 0.05) is 27.4 Å². The summed E-state index contributed by atoms with van der Waals surface area (Å²) in [4.78, 5) is 40.8. The highest BCUT2D eigenvalue weighted by Crippen LogP contribution is 2.40. The summed E-state index contributed by atoms with van der Waals surface area (Å²) < 4.78 is 5.40. The van der Waals surface area contributed by atoms with Gasteiger partial charge in [0.05, 0.1) is 6.61 Å². The Bertz CT molecular complexity index is 1560. The van der Waals surface area contributed by atoms with E-state index < -0.39 is 11.2 Å². The number of nitrogens with one attached hydrogen (secondary N) is 2. The minimum absolute atomic E-state index is 0.0529. The molecule has 5 rings (SSSR count). The lowest BCUT2D eigenvalue weighted by Gasteiger charge is -2.21. The summed E-state index contributed by atoms with van der Waals surface area (Å²) in [6, 6.07) is 25.1. The van der Waals surface area contributed by atoms with Crippen LogP contribution < -0.4 is 10.6 Å². The van der Waals surface area contributed by atoms with E-state index in [1.54, 1.807) is 6.92 Å². The van der Waals surface area contributed by atoms with E-state index >= 15 is 0 Å². The number of hydrogen-bond acceptors (Lipinski definition) is 6. The van der Waals surface area contributed by atoms with Gasteiger partial charge in [0.2, 0.25) is 11.8 Å². The first-order chi connectivity index (χ1) is 20.9. The van der Waals surface area contributed by atoms with Crippen LogP contribution in [0.5, 0.6) is 0 Å². The number of amides is 2. The first-order valence-electron chi connectivity index (χ1n) is 14.7. The molecular weight excluding hydrogens is 577 g/mol. The van der Waals surface area contributed by atoms with Crippen molar-refractivity contribution in [2.75, 3.05) is 17.2 Å². The highest BCUT2D eigenvalue weighted by molar-refractivity contribution is 8.00. The molecule has 1 aliphatic rings. The summed E-state index contributed by atoms with van der Waals surface area (Å²) >= 11 is 2.71. The molecule has 0 bridgehead atoms. The molecule has 6 nitrogen and oxygen atoms in total. The number of esters is 1. The fraction of sp³-hybridized carbons (Fsp3) is 0.286. The second kappa shape index (κ2) is 14.5. The van der Waals surface area contributed by atoms with E-state index in [9.17, 15) is 14.4 Å². The van der Waals surface area contributed by atoms with E-state index in [0.717, 1.165) is 58.5 Å². The number of hydrogen-bond donors (Lipinski definition) is 2. The molecule has 0 radical (unpaired) electrons. The van der Waals surface area contributed by atoms with Crippen molar-refractivity contribution in [3.05, 3.63) is 101 Å². The topological polar surface area (TPSA) is 84.5 Å². The molecule has 0 spiro atoms. The zero-order valence-corrected chi connectivity index (χ0v) is 26.1. The molecule has 1 heterocycles. The number of ether oxygens (including phenoxy) is 1. The van der Waals surface area contributed by atoms with Crippen molar-refractivity contribution in [1.29, 1.82) is 0 Å². The van der Waals surface area contributed by atoms with Gasteiger partial charge in [-0.2, -0.15) is 0 Å². The summed E-state index contributed by atoms with van der Waals surface area (Å²) in [5.74, 6) is -0.611. The quantitative estimate of drug-likeness (QED) is 0.138. The highest BCUT2D eigenvalue weighted by Gasteiger charge is 2.28. The predicted octanol–water partition coefficient (Wildman–Crippen LogP) is 8.89. The van der Waals surface area contributed by atoms with Crippen molar-refractivity contribution in [2.45, 2.75) is 56.1 Å². The lowest BCUT2D eigenvalue weighted by Crippen LogP contribution is -2.24. The monoisotopic (exact) mass is 612 g/mol. The van der Waals surface area contributed by atoms with Gasteiger partial charge in [-0.3, -0.25) is 9.59 Å². The van der Waals surface area contributed by atoms with Crippen molar-refractivity contribution in [2.24, 2.45) is 5.92 Å². The number of aryl methyl sites for hydroxylation is 1. The fourth-order valence-electron chi connectivity index (χ4n) is 5.27. The molecule has 2 N–H and O–H groups in total. The molecule has 1 aliphatic carbocycles. The van der Waals surface area contributed by atoms with Gasteiger partial charge < -0.3 is 15.4 Å². The van der Waals surface area contributed by atoms with Crippen LogP contribution in [0, 0.1) is 12.8 Å². The third-order valence-electron chi connectivity index (χ3n) is 7.54. The van der Waals surface area contributed by atoms with Crippen LogP contribution in [0.3, 0.4) is 0 Å². The Morgan fingerprint density at radius 3 is 2.40 bits per heavy atom. The van der Waals surface area contributed by atoms with Crippen molar-refractivity contribution in [3.63, 3.8) is 0 Å². The molecule has 43 heavy (non-hydrogen) atoms. The SMILES string of the molecule is CCOC(=O)c1c(-c2ccc(C)cc2)csc1NC(=O)C(Sc1cccc(NC(=O)C2CCCCC2)c1)c1ccccc1. The Morgan fingerprint density at radius 1 is 0.930 bits per heavy atom. The highest BCUT2D eigenvalue weighted by atomic mass is 32.2. The van der Waals surface area contributed by atoms with E-state index in [1.807, 2.05) is 91.2 Å². The van der Waals surface area contributed by atoms with Gasteiger partial charge in [0.1, 0.15) is 15.8 Å². The first kappa shape index (κ1) is 30.6. The normalized spacial score (nSPS) is 14.1. The number of rotatable bonds is 10. The van der Waals surface area contributed by atoms with E-state index in [-0.39, 0.29) is 24.3 Å². The van der Waals surface area contributed by atoms with E-state index in [2.05, 4.69) is 10.6 Å². The number of benzene rings is 3. The number of thioether (sulfide) groups is 1. The van der Waals surface area contributed by atoms with Gasteiger partial charge >= 0.3 is 5.97 Å². The number of thiophene rings is 1. The average Bonchev–Trinajstić information content (AvgIpc) is 3.44. The standard InChI is InChI=1S/C35H36N2O4S2/c1-3-41-35(40)30-29(24-19-17-23(2)18-20-24)22-42-34(30)37-33(39)31(25-11-6-4-7-12-25)43-28-16-10-15-27(21-28)36-32(38)26-13-8-5-9-14-26/h4,6-7,10-12,15-22,26,31H,3,5,8-9,13-14H2,1-2H3,(H,36,38)(H,37,39). The van der Waals surface area contributed by atoms with E-state index in [0.29, 0.717) is 10.6 Å². The number of carbonyl (C=O) groups is 3. The summed E-state index contributed by atoms with van der Waals surface area (Å²) in [6.45, 7) is 4.00. The maximum absolute atomic E-state index is 14.0. The molecule has 1 unspecified atom stereocenters. The maximum Gasteiger partial charge on any atom is 0.341 e. The van der Waals surface area contributed by atoms with Crippen molar-refractivity contribution >= 4 is 51.6 Å². The third kappa shape index (κ3) is 7.75. The van der Waals surface area contributed by atoms with Crippen LogP contribution in [0.15, 0.2) is 89.1 Å². The van der Waals surface area contributed by atoms with Crippen LogP contribution in [-0.2, 0) is 14.3 Å². The third-order valence-corrected chi connectivity index (χ3v) is 9.69. The molecule has 1 atom stereocenters. The van der Waals surface area contributed by atoms with Crippen LogP contribution in [0.1, 0.15) is 65.8 Å². The van der Waals surface area contributed by atoms with Crippen molar-refractivity contribution < 1.29 is 19.1 Å². The number of carbonyl (C=O) groups excluding carboxylic acids is 3. The maximum atomic E-state index is 14.0. The molecular formula is C35H36N2O4S2. The molecule has 2 amide bonds. The Labute approximate surface area is 261 Å². The van der Waals surface area contributed by atoms with Crippen LogP contribution in [0.2, 0.25) is 0 Å². The molecule has 0 saturated heterocycles. The molecule has 1 fully saturated rings. The number of anilines is 2. The largest absolute Gasteiger partial charge is 0.462 e. The molecule has 1 aromatic heterocycles. The summed E-state index contributed by atoms with van der Waals surface area (Å²) in [5, 5.41) is 7.86.